The molecule has 5 nitrogen and oxygen atoms in total. The van der Waals surface area contributed by atoms with Crippen LogP contribution in [0.4, 0.5) is 5.82 Å². The molecule has 2 aliphatic rings. The van der Waals surface area contributed by atoms with Gasteiger partial charge in [0.15, 0.2) is 5.82 Å². The van der Waals surface area contributed by atoms with Gasteiger partial charge < -0.3 is 9.84 Å². The lowest BCUT2D eigenvalue weighted by Crippen LogP contribution is -2.27. The monoisotopic (exact) mass is 345 g/mol. The van der Waals surface area contributed by atoms with Gasteiger partial charge in [0, 0.05) is 5.56 Å². The van der Waals surface area contributed by atoms with Gasteiger partial charge in [0.25, 0.3) is 0 Å². The Hall–Kier alpha value is -1.79. The number of hydrogen-bond donors (Lipinski definition) is 2. The van der Waals surface area contributed by atoms with Crippen LogP contribution in [0.25, 0.3) is 0 Å². The Morgan fingerprint density at radius 2 is 1.96 bits per heavy atom. The maximum absolute atomic E-state index is 11.1. The first kappa shape index (κ1) is 15.7. The Kier molecular flexibility index (Phi) is 4.33. The molecular formula is C18H23N3O2S. The van der Waals surface area contributed by atoms with E-state index >= 15 is 0 Å². The number of aliphatic hydroxyl groups is 1. The number of aliphatic imine (C=N–C) groups is 1. The molecule has 0 amide bonds. The Labute approximate surface area is 144 Å². The normalized spacial score (nSPS) is 23.6. The van der Waals surface area contributed by atoms with Crippen molar-refractivity contribution in [2.45, 2.75) is 37.5 Å². The summed E-state index contributed by atoms with van der Waals surface area (Å²) < 4.78 is 7.33. The van der Waals surface area contributed by atoms with Crippen molar-refractivity contribution in [3.8, 4) is 5.75 Å². The first-order valence-corrected chi connectivity index (χ1v) is 9.87. The molecule has 0 bridgehead atoms. The standard InChI is InChI=1S/C18H23N3O2S/c1-23-15-9-7-13(8-10-15)17-20-16-11-19-12-21(16)24(17)18(22)14-5-3-2-4-6-14/h7-12,14,18,22,24H,2-6H2,1H3. The third-order valence-electron chi connectivity index (χ3n) is 4.94. The lowest BCUT2D eigenvalue weighted by molar-refractivity contribution is 0.158. The fraction of sp³-hybridized carbons (Fsp3) is 0.444. The summed E-state index contributed by atoms with van der Waals surface area (Å²) in [6.07, 6.45) is 9.54. The molecule has 1 aliphatic heterocycles. The Bertz CT molecular complexity index is 735. The third kappa shape index (κ3) is 2.74. The van der Waals surface area contributed by atoms with E-state index in [1.165, 1.54) is 19.3 Å². The van der Waals surface area contributed by atoms with Crippen molar-refractivity contribution in [1.82, 2.24) is 8.96 Å². The molecule has 1 aliphatic carbocycles. The van der Waals surface area contributed by atoms with Crippen LogP contribution in [0.5, 0.6) is 5.75 Å². The molecule has 2 atom stereocenters. The van der Waals surface area contributed by atoms with E-state index in [0.29, 0.717) is 5.92 Å². The summed E-state index contributed by atoms with van der Waals surface area (Å²) in [5.41, 5.74) is 0.692. The van der Waals surface area contributed by atoms with Crippen LogP contribution >= 0.6 is 11.1 Å². The number of rotatable bonds is 4. The van der Waals surface area contributed by atoms with E-state index in [1.807, 2.05) is 30.6 Å². The lowest BCUT2D eigenvalue weighted by Gasteiger charge is -2.34. The van der Waals surface area contributed by atoms with Gasteiger partial charge in [0.05, 0.1) is 13.3 Å². The Morgan fingerprint density at radius 3 is 2.67 bits per heavy atom. The summed E-state index contributed by atoms with van der Waals surface area (Å²) in [4.78, 5) is 9.00. The minimum atomic E-state index is -0.943. The Morgan fingerprint density at radius 1 is 1.21 bits per heavy atom. The maximum atomic E-state index is 11.1. The van der Waals surface area contributed by atoms with Gasteiger partial charge in [-0.05, 0) is 43.0 Å². The number of aliphatic hydroxyl groups excluding tert-OH is 1. The van der Waals surface area contributed by atoms with Crippen LogP contribution in [0.15, 0.2) is 41.8 Å². The second-order valence-electron chi connectivity index (χ2n) is 6.42. The molecule has 4 rings (SSSR count). The number of ether oxygens (including phenoxy) is 1. The summed E-state index contributed by atoms with van der Waals surface area (Å²) in [5, 5.41) is 12.1. The topological polar surface area (TPSA) is 59.6 Å². The summed E-state index contributed by atoms with van der Waals surface area (Å²) in [7, 11) is 1.67. The van der Waals surface area contributed by atoms with Crippen molar-refractivity contribution in [3.63, 3.8) is 0 Å². The van der Waals surface area contributed by atoms with Gasteiger partial charge >= 0.3 is 0 Å². The smallest absolute Gasteiger partial charge is 0.162 e. The van der Waals surface area contributed by atoms with Gasteiger partial charge in [-0.25, -0.2) is 9.98 Å². The number of thiol groups is 1. The number of nitrogens with zero attached hydrogens (tertiary/aromatic N) is 3. The van der Waals surface area contributed by atoms with Crippen molar-refractivity contribution in [2.75, 3.05) is 7.11 Å². The van der Waals surface area contributed by atoms with E-state index in [0.717, 1.165) is 35.0 Å². The van der Waals surface area contributed by atoms with Crippen LogP contribution in [0, 0.1) is 5.92 Å². The van der Waals surface area contributed by atoms with Crippen molar-refractivity contribution < 1.29 is 9.84 Å². The predicted molar refractivity (Wildman–Crippen MR) is 98.4 cm³/mol. The second-order valence-corrected chi connectivity index (χ2v) is 8.49. The summed E-state index contributed by atoms with van der Waals surface area (Å²) in [6.45, 7) is 0. The van der Waals surface area contributed by atoms with E-state index in [2.05, 4.69) is 8.96 Å². The molecular weight excluding hydrogens is 322 g/mol. The van der Waals surface area contributed by atoms with Crippen LogP contribution in [-0.4, -0.2) is 31.7 Å². The number of aromatic nitrogens is 2. The van der Waals surface area contributed by atoms with Gasteiger partial charge in [0.2, 0.25) is 0 Å². The van der Waals surface area contributed by atoms with Crippen molar-refractivity contribution in [3.05, 3.63) is 42.4 Å². The van der Waals surface area contributed by atoms with E-state index in [1.54, 1.807) is 13.3 Å². The van der Waals surface area contributed by atoms with E-state index in [9.17, 15) is 5.11 Å². The van der Waals surface area contributed by atoms with Crippen LogP contribution < -0.4 is 4.74 Å². The highest BCUT2D eigenvalue weighted by Crippen LogP contribution is 2.50. The molecule has 0 radical (unpaired) electrons. The van der Waals surface area contributed by atoms with Crippen molar-refractivity contribution in [1.29, 1.82) is 0 Å². The summed E-state index contributed by atoms with van der Waals surface area (Å²) in [6, 6.07) is 7.95. The molecule has 2 aromatic rings. The highest BCUT2D eigenvalue weighted by molar-refractivity contribution is 8.29. The second kappa shape index (κ2) is 6.61. The highest BCUT2D eigenvalue weighted by atomic mass is 32.2. The zero-order valence-electron chi connectivity index (χ0n) is 13.8. The summed E-state index contributed by atoms with van der Waals surface area (Å²) in [5.74, 6) is 2.04. The Balaban J connectivity index is 1.67. The van der Waals surface area contributed by atoms with Crippen LogP contribution in [0.2, 0.25) is 0 Å². The van der Waals surface area contributed by atoms with Gasteiger partial charge in [-0.3, -0.25) is 3.97 Å². The van der Waals surface area contributed by atoms with Gasteiger partial charge in [0.1, 0.15) is 22.6 Å². The molecule has 1 fully saturated rings. The molecule has 2 unspecified atom stereocenters. The van der Waals surface area contributed by atoms with Gasteiger partial charge in [-0.1, -0.05) is 30.3 Å². The average molecular weight is 345 g/mol. The predicted octanol–water partition coefficient (Wildman–Crippen LogP) is 3.65. The molecule has 0 spiro atoms. The lowest BCUT2D eigenvalue weighted by atomic mass is 9.90. The molecule has 2 heterocycles. The SMILES string of the molecule is COc1ccc(C2=Nc3cncn3[SH]2C(O)C2CCCCC2)cc1. The third-order valence-corrected chi connectivity index (χ3v) is 7.43. The number of fused-ring (bicyclic) bond motifs is 1. The number of hydrogen-bond acceptors (Lipinski definition) is 4. The molecule has 6 heteroatoms. The summed E-state index contributed by atoms with van der Waals surface area (Å²) >= 11 is -0.943. The zero-order chi connectivity index (χ0) is 16.5. The van der Waals surface area contributed by atoms with Crippen molar-refractivity contribution >= 4 is 21.9 Å². The van der Waals surface area contributed by atoms with Crippen LogP contribution in [-0.2, 0) is 0 Å². The maximum Gasteiger partial charge on any atom is 0.162 e. The van der Waals surface area contributed by atoms with E-state index in [4.69, 9.17) is 9.73 Å². The van der Waals surface area contributed by atoms with Gasteiger partial charge in [-0.15, -0.1) is 0 Å². The van der Waals surface area contributed by atoms with Crippen LogP contribution in [0.1, 0.15) is 37.7 Å². The fourth-order valence-corrected chi connectivity index (χ4v) is 6.12. The van der Waals surface area contributed by atoms with E-state index in [-0.39, 0.29) is 5.44 Å². The number of benzene rings is 1. The molecule has 1 N–H and O–H groups in total. The fourth-order valence-electron chi connectivity index (χ4n) is 3.61. The zero-order valence-corrected chi connectivity index (χ0v) is 14.7. The molecule has 1 saturated carbocycles. The molecule has 1 aromatic carbocycles. The van der Waals surface area contributed by atoms with Crippen LogP contribution in [0.3, 0.4) is 0 Å². The molecule has 128 valence electrons. The molecule has 1 aromatic heterocycles. The largest absolute Gasteiger partial charge is 0.497 e. The molecule has 0 saturated heterocycles. The average Bonchev–Trinajstić information content (AvgIpc) is 3.23. The first-order valence-electron chi connectivity index (χ1n) is 8.51. The molecule has 24 heavy (non-hydrogen) atoms. The van der Waals surface area contributed by atoms with Gasteiger partial charge in [-0.2, -0.15) is 0 Å². The number of methoxy groups -OCH3 is 1. The highest BCUT2D eigenvalue weighted by Gasteiger charge is 2.35. The number of imidazole rings is 1. The van der Waals surface area contributed by atoms with E-state index < -0.39 is 11.1 Å². The quantitative estimate of drug-likeness (QED) is 0.832. The minimum absolute atomic E-state index is 0.363. The first-order chi connectivity index (χ1) is 11.8. The van der Waals surface area contributed by atoms with Crippen molar-refractivity contribution in [2.24, 2.45) is 10.9 Å². The minimum Gasteiger partial charge on any atom is -0.497 e.